The Balaban J connectivity index is 2.66. The Morgan fingerprint density at radius 1 is 1.57 bits per heavy atom. The van der Waals surface area contributed by atoms with Crippen LogP contribution in [0.5, 0.6) is 0 Å². The standard InChI is InChI=1S/C9H9N5/c1-5-2-6(11)3-7-8(5)14-9(13-7)12-4-10/h2-3H,11H2,1H3,(H2,12,13,14). The number of aromatic amines is 1. The Kier molecular flexibility index (Phi) is 1.75. The minimum Gasteiger partial charge on any atom is -0.399 e. The molecule has 0 aliphatic heterocycles. The molecular weight excluding hydrogens is 178 g/mol. The number of nitrogens with zero attached hydrogens (tertiary/aromatic N) is 2. The van der Waals surface area contributed by atoms with E-state index in [4.69, 9.17) is 11.0 Å². The van der Waals surface area contributed by atoms with E-state index in [1.807, 2.05) is 13.0 Å². The van der Waals surface area contributed by atoms with Gasteiger partial charge in [0.2, 0.25) is 5.95 Å². The van der Waals surface area contributed by atoms with Crippen molar-refractivity contribution in [1.29, 1.82) is 5.26 Å². The van der Waals surface area contributed by atoms with Crippen LogP contribution in [0.25, 0.3) is 11.0 Å². The molecule has 1 aromatic heterocycles. The van der Waals surface area contributed by atoms with E-state index in [1.165, 1.54) is 0 Å². The smallest absolute Gasteiger partial charge is 0.214 e. The quantitative estimate of drug-likeness (QED) is 0.357. The molecule has 70 valence electrons. The number of fused-ring (bicyclic) bond motifs is 1. The number of H-pyrrole nitrogens is 1. The summed E-state index contributed by atoms with van der Waals surface area (Å²) in [6.07, 6.45) is 1.80. The topological polar surface area (TPSA) is 90.5 Å². The van der Waals surface area contributed by atoms with E-state index < -0.39 is 0 Å². The number of anilines is 2. The van der Waals surface area contributed by atoms with Crippen LogP contribution in [-0.4, -0.2) is 9.97 Å². The minimum atomic E-state index is 0.441. The van der Waals surface area contributed by atoms with Crippen LogP contribution in [0.2, 0.25) is 0 Å². The van der Waals surface area contributed by atoms with Gasteiger partial charge in [-0.25, -0.2) is 4.98 Å². The number of nitrogens with two attached hydrogens (primary N) is 1. The summed E-state index contributed by atoms with van der Waals surface area (Å²) < 4.78 is 0. The van der Waals surface area contributed by atoms with Gasteiger partial charge >= 0.3 is 0 Å². The molecule has 1 heterocycles. The highest BCUT2D eigenvalue weighted by atomic mass is 15.1. The van der Waals surface area contributed by atoms with Gasteiger partial charge in [0.15, 0.2) is 6.19 Å². The third-order valence-corrected chi connectivity index (χ3v) is 1.97. The van der Waals surface area contributed by atoms with E-state index >= 15 is 0 Å². The summed E-state index contributed by atoms with van der Waals surface area (Å²) in [6, 6.07) is 3.64. The number of nitrogen functional groups attached to an aromatic ring is 1. The number of hydrogen-bond donors (Lipinski definition) is 3. The van der Waals surface area contributed by atoms with Crippen LogP contribution >= 0.6 is 0 Å². The second-order valence-corrected chi connectivity index (χ2v) is 3.06. The van der Waals surface area contributed by atoms with Crippen molar-refractivity contribution in [1.82, 2.24) is 9.97 Å². The predicted octanol–water partition coefficient (Wildman–Crippen LogP) is 1.35. The molecule has 0 amide bonds. The van der Waals surface area contributed by atoms with Gasteiger partial charge in [0.25, 0.3) is 0 Å². The van der Waals surface area contributed by atoms with E-state index in [9.17, 15) is 0 Å². The van der Waals surface area contributed by atoms with Crippen LogP contribution in [0, 0.1) is 18.4 Å². The lowest BCUT2D eigenvalue weighted by molar-refractivity contribution is 1.30. The van der Waals surface area contributed by atoms with Gasteiger partial charge in [-0.15, -0.1) is 0 Å². The van der Waals surface area contributed by atoms with Crippen molar-refractivity contribution < 1.29 is 0 Å². The molecule has 1 aromatic carbocycles. The molecule has 0 radical (unpaired) electrons. The normalized spacial score (nSPS) is 10.0. The zero-order chi connectivity index (χ0) is 10.1. The lowest BCUT2D eigenvalue weighted by atomic mass is 10.2. The third kappa shape index (κ3) is 1.23. The molecule has 0 saturated heterocycles. The molecule has 0 fully saturated rings. The average Bonchev–Trinajstić information content (AvgIpc) is 2.48. The molecule has 0 aliphatic rings. The second kappa shape index (κ2) is 2.92. The summed E-state index contributed by atoms with van der Waals surface area (Å²) in [5.74, 6) is 0.441. The lowest BCUT2D eigenvalue weighted by Crippen LogP contribution is -1.87. The van der Waals surface area contributed by atoms with Crippen molar-refractivity contribution in [3.8, 4) is 6.19 Å². The van der Waals surface area contributed by atoms with Crippen molar-refractivity contribution in [3.63, 3.8) is 0 Å². The average molecular weight is 187 g/mol. The van der Waals surface area contributed by atoms with Gasteiger partial charge in [0.1, 0.15) is 0 Å². The van der Waals surface area contributed by atoms with Gasteiger partial charge in [0, 0.05) is 5.69 Å². The van der Waals surface area contributed by atoms with Gasteiger partial charge in [0.05, 0.1) is 11.0 Å². The van der Waals surface area contributed by atoms with Gasteiger partial charge < -0.3 is 10.7 Å². The molecule has 5 nitrogen and oxygen atoms in total. The van der Waals surface area contributed by atoms with Crippen LogP contribution in [-0.2, 0) is 0 Å². The maximum atomic E-state index is 8.42. The molecule has 2 aromatic rings. The fourth-order valence-corrected chi connectivity index (χ4v) is 1.43. The predicted molar refractivity (Wildman–Crippen MR) is 54.5 cm³/mol. The van der Waals surface area contributed by atoms with Crippen molar-refractivity contribution >= 4 is 22.7 Å². The Labute approximate surface area is 80.6 Å². The summed E-state index contributed by atoms with van der Waals surface area (Å²) in [7, 11) is 0. The van der Waals surface area contributed by atoms with E-state index in [0.717, 1.165) is 16.6 Å². The highest BCUT2D eigenvalue weighted by Gasteiger charge is 2.05. The van der Waals surface area contributed by atoms with Crippen molar-refractivity contribution in [2.24, 2.45) is 0 Å². The monoisotopic (exact) mass is 187 g/mol. The Hall–Kier alpha value is -2.22. The zero-order valence-electron chi connectivity index (χ0n) is 7.63. The van der Waals surface area contributed by atoms with E-state index in [-0.39, 0.29) is 0 Å². The molecule has 5 heteroatoms. The molecule has 0 aliphatic carbocycles. The number of aromatic nitrogens is 2. The summed E-state index contributed by atoms with van der Waals surface area (Å²) in [6.45, 7) is 1.93. The molecule has 4 N–H and O–H groups in total. The van der Waals surface area contributed by atoms with E-state index in [1.54, 1.807) is 12.3 Å². The zero-order valence-corrected chi connectivity index (χ0v) is 7.63. The first-order valence-electron chi connectivity index (χ1n) is 4.11. The largest absolute Gasteiger partial charge is 0.399 e. The van der Waals surface area contributed by atoms with Gasteiger partial charge in [-0.2, -0.15) is 5.26 Å². The van der Waals surface area contributed by atoms with Crippen LogP contribution in [0.3, 0.4) is 0 Å². The van der Waals surface area contributed by atoms with Crippen molar-refractivity contribution in [2.45, 2.75) is 6.92 Å². The number of imidazole rings is 1. The highest BCUT2D eigenvalue weighted by molar-refractivity contribution is 5.84. The summed E-state index contributed by atoms with van der Waals surface area (Å²) in [5.41, 5.74) is 9.01. The fraction of sp³-hybridized carbons (Fsp3) is 0.111. The lowest BCUT2D eigenvalue weighted by Gasteiger charge is -1.95. The SMILES string of the molecule is Cc1cc(N)cc2[nH]c(NC#N)nc12. The summed E-state index contributed by atoms with van der Waals surface area (Å²) >= 11 is 0. The second-order valence-electron chi connectivity index (χ2n) is 3.06. The Morgan fingerprint density at radius 3 is 3.07 bits per heavy atom. The third-order valence-electron chi connectivity index (χ3n) is 1.97. The Bertz CT molecular complexity index is 520. The summed E-state index contributed by atoms with van der Waals surface area (Å²) in [5, 5.41) is 10.9. The molecular formula is C9H9N5. The van der Waals surface area contributed by atoms with Gasteiger partial charge in [-0.1, -0.05) is 0 Å². The minimum absolute atomic E-state index is 0.441. The first kappa shape index (κ1) is 8.38. The first-order chi connectivity index (χ1) is 6.70. The van der Waals surface area contributed by atoms with Crippen molar-refractivity contribution in [3.05, 3.63) is 17.7 Å². The number of benzene rings is 1. The maximum absolute atomic E-state index is 8.42. The summed E-state index contributed by atoms with van der Waals surface area (Å²) in [4.78, 5) is 7.15. The first-order valence-corrected chi connectivity index (χ1v) is 4.11. The number of nitrogens with one attached hydrogen (secondary N) is 2. The van der Waals surface area contributed by atoms with Crippen LogP contribution in [0.15, 0.2) is 12.1 Å². The maximum Gasteiger partial charge on any atom is 0.214 e. The van der Waals surface area contributed by atoms with Gasteiger partial charge in [-0.05, 0) is 24.6 Å². The van der Waals surface area contributed by atoms with Gasteiger partial charge in [-0.3, -0.25) is 5.32 Å². The molecule has 0 unspecified atom stereocenters. The van der Waals surface area contributed by atoms with E-state index in [2.05, 4.69) is 15.3 Å². The highest BCUT2D eigenvalue weighted by Crippen LogP contribution is 2.21. The molecule has 0 saturated carbocycles. The molecule has 0 spiro atoms. The number of nitriles is 1. The van der Waals surface area contributed by atoms with Crippen LogP contribution in [0.4, 0.5) is 11.6 Å². The number of aryl methyl sites for hydroxylation is 1. The Morgan fingerprint density at radius 2 is 2.36 bits per heavy atom. The van der Waals surface area contributed by atoms with Crippen molar-refractivity contribution in [2.75, 3.05) is 11.1 Å². The number of hydrogen-bond acceptors (Lipinski definition) is 4. The van der Waals surface area contributed by atoms with Crippen LogP contribution < -0.4 is 11.1 Å². The number of rotatable bonds is 1. The fourth-order valence-electron chi connectivity index (χ4n) is 1.43. The molecule has 0 atom stereocenters. The molecule has 0 bridgehead atoms. The molecule has 2 rings (SSSR count). The van der Waals surface area contributed by atoms with Crippen LogP contribution in [0.1, 0.15) is 5.56 Å². The molecule has 14 heavy (non-hydrogen) atoms. The van der Waals surface area contributed by atoms with E-state index in [0.29, 0.717) is 11.6 Å².